The zero-order chi connectivity index (χ0) is 12.6. The Kier molecular flexibility index (Phi) is 2.63. The number of rotatable bonds is 1. The third-order valence-electron chi connectivity index (χ3n) is 2.83. The molecule has 2 rings (SSSR count). The summed E-state index contributed by atoms with van der Waals surface area (Å²) < 4.78 is 0. The van der Waals surface area contributed by atoms with Gasteiger partial charge in [0.15, 0.2) is 0 Å². The minimum atomic E-state index is -0.407. The van der Waals surface area contributed by atoms with Crippen molar-refractivity contribution in [1.82, 2.24) is 5.32 Å². The minimum Gasteiger partial charge on any atom is -0.397 e. The van der Waals surface area contributed by atoms with E-state index in [1.807, 2.05) is 0 Å². The quantitative estimate of drug-likeness (QED) is 0.457. The van der Waals surface area contributed by atoms with Gasteiger partial charge < -0.3 is 16.4 Å². The average Bonchev–Trinajstić information content (AvgIpc) is 2.27. The number of imide groups is 1. The zero-order valence-corrected chi connectivity index (χ0v) is 9.43. The lowest BCUT2D eigenvalue weighted by Gasteiger charge is -2.33. The fourth-order valence-corrected chi connectivity index (χ4v) is 1.77. The van der Waals surface area contributed by atoms with Crippen molar-refractivity contribution in [1.29, 1.82) is 0 Å². The first kappa shape index (κ1) is 11.3. The maximum Gasteiger partial charge on any atom is 0.249 e. The van der Waals surface area contributed by atoms with Crippen LogP contribution >= 0.6 is 0 Å². The molecule has 1 aliphatic heterocycles. The number of nitrogens with one attached hydrogen (secondary N) is 1. The summed E-state index contributed by atoms with van der Waals surface area (Å²) in [5.74, 6) is -0.625. The molecule has 1 aromatic rings. The molecule has 6 heteroatoms. The molecule has 0 aliphatic carbocycles. The number of hydrogen-bond acceptors (Lipinski definition) is 5. The fraction of sp³-hybridized carbons (Fsp3) is 0.273. The molecule has 6 nitrogen and oxygen atoms in total. The van der Waals surface area contributed by atoms with E-state index < -0.39 is 6.04 Å². The number of nitrogen functional groups attached to an aromatic ring is 2. The monoisotopic (exact) mass is 234 g/mol. The second-order valence-electron chi connectivity index (χ2n) is 4.03. The Labute approximate surface area is 98.6 Å². The highest BCUT2D eigenvalue weighted by Crippen LogP contribution is 2.25. The number of nitrogens with zero attached hydrogens (tertiary/aromatic N) is 1. The summed E-state index contributed by atoms with van der Waals surface area (Å²) in [4.78, 5) is 24.5. The van der Waals surface area contributed by atoms with Crippen LogP contribution in [0, 0.1) is 0 Å². The van der Waals surface area contributed by atoms with E-state index in [1.54, 1.807) is 30.0 Å². The summed E-state index contributed by atoms with van der Waals surface area (Å²) in [6.45, 7) is 1.87. The van der Waals surface area contributed by atoms with E-state index in [1.165, 1.54) is 0 Å². The van der Waals surface area contributed by atoms with Crippen LogP contribution in [0.15, 0.2) is 18.2 Å². The predicted octanol–water partition coefficient (Wildman–Crippen LogP) is -0.298. The van der Waals surface area contributed by atoms with Gasteiger partial charge in [0, 0.05) is 5.69 Å². The molecule has 0 bridgehead atoms. The number of amides is 2. The summed E-state index contributed by atoms with van der Waals surface area (Å²) in [5.41, 5.74) is 13.0. The van der Waals surface area contributed by atoms with Gasteiger partial charge in [-0.25, -0.2) is 0 Å². The van der Waals surface area contributed by atoms with Crippen molar-refractivity contribution in [2.24, 2.45) is 0 Å². The van der Waals surface area contributed by atoms with Gasteiger partial charge in [-0.3, -0.25) is 14.9 Å². The summed E-state index contributed by atoms with van der Waals surface area (Å²) in [6, 6.07) is 4.66. The van der Waals surface area contributed by atoms with Crippen LogP contribution in [0.3, 0.4) is 0 Å². The number of carbonyl (C=O) groups is 2. The van der Waals surface area contributed by atoms with Crippen LogP contribution in [-0.4, -0.2) is 24.4 Å². The first-order valence-electron chi connectivity index (χ1n) is 5.24. The third kappa shape index (κ3) is 2.01. The second-order valence-corrected chi connectivity index (χ2v) is 4.03. The van der Waals surface area contributed by atoms with E-state index in [0.717, 1.165) is 0 Å². The van der Waals surface area contributed by atoms with Crippen molar-refractivity contribution in [3.05, 3.63) is 18.2 Å². The van der Waals surface area contributed by atoms with E-state index >= 15 is 0 Å². The first-order chi connectivity index (χ1) is 7.99. The van der Waals surface area contributed by atoms with Crippen LogP contribution in [0.5, 0.6) is 0 Å². The molecule has 0 spiro atoms. The van der Waals surface area contributed by atoms with Crippen molar-refractivity contribution in [3.8, 4) is 0 Å². The molecular weight excluding hydrogens is 220 g/mol. The molecule has 1 heterocycles. The van der Waals surface area contributed by atoms with Crippen molar-refractivity contribution >= 4 is 28.9 Å². The summed E-state index contributed by atoms with van der Waals surface area (Å²) in [7, 11) is 0. The normalized spacial score (nSPS) is 20.3. The van der Waals surface area contributed by atoms with E-state index in [9.17, 15) is 9.59 Å². The lowest BCUT2D eigenvalue weighted by Crippen LogP contribution is -2.57. The van der Waals surface area contributed by atoms with Crippen molar-refractivity contribution < 1.29 is 9.59 Å². The van der Waals surface area contributed by atoms with Crippen molar-refractivity contribution in [2.75, 3.05) is 22.9 Å². The van der Waals surface area contributed by atoms with Crippen LogP contribution in [0.1, 0.15) is 6.92 Å². The number of hydrogen-bond donors (Lipinski definition) is 3. The highest BCUT2D eigenvalue weighted by atomic mass is 16.2. The molecule has 1 unspecified atom stereocenters. The van der Waals surface area contributed by atoms with Gasteiger partial charge in [-0.15, -0.1) is 0 Å². The Balaban J connectivity index is 2.34. The van der Waals surface area contributed by atoms with Gasteiger partial charge in [-0.05, 0) is 25.1 Å². The van der Waals surface area contributed by atoms with Gasteiger partial charge >= 0.3 is 0 Å². The first-order valence-corrected chi connectivity index (χ1v) is 5.24. The highest BCUT2D eigenvalue weighted by Gasteiger charge is 2.30. The fourth-order valence-electron chi connectivity index (χ4n) is 1.77. The average molecular weight is 234 g/mol. The second kappa shape index (κ2) is 3.97. The van der Waals surface area contributed by atoms with Gasteiger partial charge in [-0.2, -0.15) is 0 Å². The van der Waals surface area contributed by atoms with Crippen LogP contribution in [-0.2, 0) is 9.59 Å². The smallest absolute Gasteiger partial charge is 0.249 e. The van der Waals surface area contributed by atoms with Crippen LogP contribution in [0.25, 0.3) is 0 Å². The molecule has 17 heavy (non-hydrogen) atoms. The summed E-state index contributed by atoms with van der Waals surface area (Å²) >= 11 is 0. The van der Waals surface area contributed by atoms with Crippen LogP contribution < -0.4 is 21.7 Å². The molecule has 1 atom stereocenters. The summed E-state index contributed by atoms with van der Waals surface area (Å²) in [6.07, 6.45) is 0. The number of nitrogens with two attached hydrogens (primary N) is 2. The van der Waals surface area contributed by atoms with Gasteiger partial charge in [0.1, 0.15) is 6.04 Å². The van der Waals surface area contributed by atoms with E-state index in [4.69, 9.17) is 11.5 Å². The number of carbonyl (C=O) groups excluding carboxylic acids is 2. The molecule has 1 saturated heterocycles. The van der Waals surface area contributed by atoms with Crippen molar-refractivity contribution in [3.63, 3.8) is 0 Å². The molecule has 2 amide bonds. The van der Waals surface area contributed by atoms with Gasteiger partial charge in [0.2, 0.25) is 11.8 Å². The Morgan fingerprint density at radius 3 is 2.65 bits per heavy atom. The SMILES string of the molecule is CC1C(=O)NC(=O)CN1c1ccc(N)c(N)c1. The molecule has 1 aromatic carbocycles. The van der Waals surface area contributed by atoms with Gasteiger partial charge in [0.25, 0.3) is 0 Å². The Morgan fingerprint density at radius 2 is 2.00 bits per heavy atom. The van der Waals surface area contributed by atoms with Gasteiger partial charge in [-0.1, -0.05) is 0 Å². The Bertz CT molecular complexity index is 486. The van der Waals surface area contributed by atoms with E-state index in [0.29, 0.717) is 17.1 Å². The lowest BCUT2D eigenvalue weighted by atomic mass is 10.1. The Hall–Kier alpha value is -2.24. The molecule has 90 valence electrons. The van der Waals surface area contributed by atoms with Crippen LogP contribution in [0.4, 0.5) is 17.1 Å². The molecule has 0 aromatic heterocycles. The Morgan fingerprint density at radius 1 is 1.29 bits per heavy atom. The third-order valence-corrected chi connectivity index (χ3v) is 2.83. The van der Waals surface area contributed by atoms with Crippen LogP contribution in [0.2, 0.25) is 0 Å². The van der Waals surface area contributed by atoms with Crippen molar-refractivity contribution in [2.45, 2.75) is 13.0 Å². The molecular formula is C11H14N4O2. The maximum atomic E-state index is 11.5. The number of anilines is 3. The maximum absolute atomic E-state index is 11.5. The molecule has 0 saturated carbocycles. The topological polar surface area (TPSA) is 101 Å². The largest absolute Gasteiger partial charge is 0.397 e. The number of piperazine rings is 1. The van der Waals surface area contributed by atoms with Gasteiger partial charge in [0.05, 0.1) is 17.9 Å². The molecule has 1 aliphatic rings. The summed E-state index contributed by atoms with van der Waals surface area (Å²) in [5, 5.41) is 2.28. The molecule has 0 radical (unpaired) electrons. The van der Waals surface area contributed by atoms with E-state index in [2.05, 4.69) is 5.32 Å². The minimum absolute atomic E-state index is 0.135. The highest BCUT2D eigenvalue weighted by molar-refractivity contribution is 6.04. The standard InChI is InChI=1S/C11H14N4O2/c1-6-11(17)14-10(16)5-15(6)7-2-3-8(12)9(13)4-7/h2-4,6H,5,12-13H2,1H3,(H,14,16,17). The number of benzene rings is 1. The van der Waals surface area contributed by atoms with E-state index in [-0.39, 0.29) is 18.4 Å². The lowest BCUT2D eigenvalue weighted by molar-refractivity contribution is -0.132. The zero-order valence-electron chi connectivity index (χ0n) is 9.43. The molecule has 5 N–H and O–H groups in total. The predicted molar refractivity (Wildman–Crippen MR) is 65.2 cm³/mol. The molecule has 1 fully saturated rings.